The normalized spacial score (nSPS) is 12.9. The molecule has 0 saturated carbocycles. The second kappa shape index (κ2) is 7.95. The lowest BCUT2D eigenvalue weighted by Gasteiger charge is -2.32. The molecule has 106 valence electrons. The summed E-state index contributed by atoms with van der Waals surface area (Å²) >= 11 is 0. The van der Waals surface area contributed by atoms with Gasteiger partial charge in [-0.05, 0) is 45.7 Å². The van der Waals surface area contributed by atoms with Gasteiger partial charge in [0.15, 0.2) is 0 Å². The monoisotopic (exact) mass is 263 g/mol. The maximum Gasteiger partial charge on any atom is 0.303 e. The molecular formula is C16H25NO2. The lowest BCUT2D eigenvalue weighted by atomic mass is 10.0. The number of carboxylic acids is 1. The third kappa shape index (κ3) is 5.88. The van der Waals surface area contributed by atoms with Gasteiger partial charge in [-0.15, -0.1) is 0 Å². The van der Waals surface area contributed by atoms with Crippen molar-refractivity contribution in [2.45, 2.75) is 52.1 Å². The summed E-state index contributed by atoms with van der Waals surface area (Å²) in [7, 11) is 0. The molecule has 1 atom stereocenters. The highest BCUT2D eigenvalue weighted by atomic mass is 16.4. The molecule has 0 fully saturated rings. The second-order valence-corrected chi connectivity index (χ2v) is 5.37. The molecule has 1 unspecified atom stereocenters. The fourth-order valence-electron chi connectivity index (χ4n) is 2.47. The summed E-state index contributed by atoms with van der Waals surface area (Å²) in [5, 5.41) is 8.72. The van der Waals surface area contributed by atoms with Gasteiger partial charge in [-0.3, -0.25) is 9.69 Å². The summed E-state index contributed by atoms with van der Waals surface area (Å²) in [6.45, 7) is 7.40. The standard InChI is InChI=1S/C16H25NO2/c1-13(2)17(11-7-10-16(18)19)14(3)12-15-8-5-4-6-9-15/h4-6,8-9,13-14H,7,10-12H2,1-3H3,(H,18,19). The molecule has 0 aliphatic heterocycles. The SMILES string of the molecule is CC(C)N(CCCC(=O)O)C(C)Cc1ccccc1. The number of benzene rings is 1. The lowest BCUT2D eigenvalue weighted by molar-refractivity contribution is -0.137. The second-order valence-electron chi connectivity index (χ2n) is 5.37. The zero-order valence-corrected chi connectivity index (χ0v) is 12.2. The Morgan fingerprint density at radius 1 is 1.21 bits per heavy atom. The largest absolute Gasteiger partial charge is 0.481 e. The van der Waals surface area contributed by atoms with Crippen molar-refractivity contribution in [2.24, 2.45) is 0 Å². The van der Waals surface area contributed by atoms with E-state index in [1.807, 2.05) is 6.07 Å². The van der Waals surface area contributed by atoms with Crippen LogP contribution in [0.25, 0.3) is 0 Å². The maximum atomic E-state index is 10.6. The van der Waals surface area contributed by atoms with Crippen LogP contribution < -0.4 is 0 Å². The fraction of sp³-hybridized carbons (Fsp3) is 0.562. The Labute approximate surface area is 116 Å². The number of carboxylic acid groups (broad SMARTS) is 1. The molecule has 0 saturated heterocycles. The number of hydrogen-bond donors (Lipinski definition) is 1. The van der Waals surface area contributed by atoms with Crippen LogP contribution in [0, 0.1) is 0 Å². The first kappa shape index (κ1) is 15.7. The number of rotatable bonds is 8. The summed E-state index contributed by atoms with van der Waals surface area (Å²) in [6, 6.07) is 11.3. The zero-order chi connectivity index (χ0) is 14.3. The van der Waals surface area contributed by atoms with Crippen molar-refractivity contribution in [2.75, 3.05) is 6.54 Å². The van der Waals surface area contributed by atoms with E-state index in [2.05, 4.69) is 49.9 Å². The van der Waals surface area contributed by atoms with Crippen molar-refractivity contribution in [3.63, 3.8) is 0 Å². The van der Waals surface area contributed by atoms with Crippen molar-refractivity contribution in [3.05, 3.63) is 35.9 Å². The Hall–Kier alpha value is -1.35. The Morgan fingerprint density at radius 2 is 1.84 bits per heavy atom. The molecule has 0 bridgehead atoms. The van der Waals surface area contributed by atoms with Gasteiger partial charge in [-0.1, -0.05) is 30.3 Å². The van der Waals surface area contributed by atoms with E-state index in [-0.39, 0.29) is 6.42 Å². The van der Waals surface area contributed by atoms with E-state index in [0.717, 1.165) is 13.0 Å². The molecule has 3 heteroatoms. The summed E-state index contributed by atoms with van der Waals surface area (Å²) in [4.78, 5) is 13.0. The molecule has 3 nitrogen and oxygen atoms in total. The van der Waals surface area contributed by atoms with Gasteiger partial charge in [0.1, 0.15) is 0 Å². The van der Waals surface area contributed by atoms with E-state index in [0.29, 0.717) is 18.5 Å². The van der Waals surface area contributed by atoms with E-state index < -0.39 is 5.97 Å². The minimum Gasteiger partial charge on any atom is -0.481 e. The van der Waals surface area contributed by atoms with Crippen LogP contribution in [0.3, 0.4) is 0 Å². The molecule has 0 spiro atoms. The number of nitrogens with zero attached hydrogens (tertiary/aromatic N) is 1. The van der Waals surface area contributed by atoms with Crippen molar-refractivity contribution >= 4 is 5.97 Å². The van der Waals surface area contributed by atoms with Crippen molar-refractivity contribution in [1.29, 1.82) is 0 Å². The van der Waals surface area contributed by atoms with Crippen LogP contribution in [0.15, 0.2) is 30.3 Å². The average molecular weight is 263 g/mol. The molecule has 0 aliphatic carbocycles. The summed E-state index contributed by atoms with van der Waals surface area (Å²) in [6.07, 6.45) is 1.97. The minimum atomic E-state index is -0.709. The molecule has 1 N–H and O–H groups in total. The first-order valence-electron chi connectivity index (χ1n) is 7.02. The Balaban J connectivity index is 2.52. The molecule has 1 aromatic rings. The fourth-order valence-corrected chi connectivity index (χ4v) is 2.47. The van der Waals surface area contributed by atoms with E-state index in [9.17, 15) is 4.79 Å². The maximum absolute atomic E-state index is 10.6. The van der Waals surface area contributed by atoms with E-state index in [1.165, 1.54) is 5.56 Å². The van der Waals surface area contributed by atoms with Gasteiger partial charge in [0.25, 0.3) is 0 Å². The number of aliphatic carboxylic acids is 1. The Kier molecular flexibility index (Phi) is 6.57. The first-order chi connectivity index (χ1) is 9.00. The van der Waals surface area contributed by atoms with Gasteiger partial charge in [-0.25, -0.2) is 0 Å². The van der Waals surface area contributed by atoms with E-state index in [1.54, 1.807) is 0 Å². The van der Waals surface area contributed by atoms with Crippen molar-refractivity contribution in [1.82, 2.24) is 4.90 Å². The summed E-state index contributed by atoms with van der Waals surface area (Å²) in [5.41, 5.74) is 1.33. The third-order valence-corrected chi connectivity index (χ3v) is 3.41. The lowest BCUT2D eigenvalue weighted by Crippen LogP contribution is -2.40. The Morgan fingerprint density at radius 3 is 2.37 bits per heavy atom. The molecule has 0 aliphatic rings. The molecule has 0 aromatic heterocycles. The van der Waals surface area contributed by atoms with Gasteiger partial charge >= 0.3 is 5.97 Å². The zero-order valence-electron chi connectivity index (χ0n) is 12.2. The average Bonchev–Trinajstić information content (AvgIpc) is 2.35. The molecule has 0 radical (unpaired) electrons. The first-order valence-corrected chi connectivity index (χ1v) is 7.02. The van der Waals surface area contributed by atoms with Crippen molar-refractivity contribution < 1.29 is 9.90 Å². The van der Waals surface area contributed by atoms with Crippen LogP contribution in [-0.4, -0.2) is 34.6 Å². The Bertz CT molecular complexity index is 376. The van der Waals surface area contributed by atoms with E-state index in [4.69, 9.17) is 5.11 Å². The molecular weight excluding hydrogens is 238 g/mol. The molecule has 0 amide bonds. The smallest absolute Gasteiger partial charge is 0.303 e. The molecule has 19 heavy (non-hydrogen) atoms. The van der Waals surface area contributed by atoms with Crippen LogP contribution in [0.2, 0.25) is 0 Å². The highest BCUT2D eigenvalue weighted by Crippen LogP contribution is 2.13. The van der Waals surface area contributed by atoms with Crippen molar-refractivity contribution in [3.8, 4) is 0 Å². The van der Waals surface area contributed by atoms with Crippen LogP contribution in [0.1, 0.15) is 39.2 Å². The minimum absolute atomic E-state index is 0.251. The molecule has 1 aromatic carbocycles. The van der Waals surface area contributed by atoms with Gasteiger partial charge in [0.05, 0.1) is 0 Å². The van der Waals surface area contributed by atoms with E-state index >= 15 is 0 Å². The summed E-state index contributed by atoms with van der Waals surface area (Å²) in [5.74, 6) is -0.709. The topological polar surface area (TPSA) is 40.5 Å². The van der Waals surface area contributed by atoms with Crippen LogP contribution in [-0.2, 0) is 11.2 Å². The predicted octanol–water partition coefficient (Wildman–Crippen LogP) is 3.19. The molecule has 1 rings (SSSR count). The highest BCUT2D eigenvalue weighted by Gasteiger charge is 2.17. The summed E-state index contributed by atoms with van der Waals surface area (Å²) < 4.78 is 0. The molecule has 0 heterocycles. The van der Waals surface area contributed by atoms with Crippen LogP contribution in [0.5, 0.6) is 0 Å². The van der Waals surface area contributed by atoms with Gasteiger partial charge in [-0.2, -0.15) is 0 Å². The van der Waals surface area contributed by atoms with Gasteiger partial charge < -0.3 is 5.11 Å². The quantitative estimate of drug-likeness (QED) is 0.783. The highest BCUT2D eigenvalue weighted by molar-refractivity contribution is 5.66. The number of carbonyl (C=O) groups is 1. The van der Waals surface area contributed by atoms with Gasteiger partial charge in [0, 0.05) is 18.5 Å². The third-order valence-electron chi connectivity index (χ3n) is 3.41. The number of hydrogen-bond acceptors (Lipinski definition) is 2. The van der Waals surface area contributed by atoms with Gasteiger partial charge in [0.2, 0.25) is 0 Å². The predicted molar refractivity (Wildman–Crippen MR) is 78.3 cm³/mol. The van der Waals surface area contributed by atoms with Crippen LogP contribution >= 0.6 is 0 Å². The van der Waals surface area contributed by atoms with Crippen LogP contribution in [0.4, 0.5) is 0 Å².